The fourth-order valence-electron chi connectivity index (χ4n) is 4.19. The molecule has 4 N–H and O–H groups in total. The maximum atomic E-state index is 13.0. The van der Waals surface area contributed by atoms with Gasteiger partial charge < -0.3 is 25.2 Å². The van der Waals surface area contributed by atoms with E-state index in [1.54, 1.807) is 37.5 Å². The molecule has 0 bridgehead atoms. The van der Waals surface area contributed by atoms with E-state index in [2.05, 4.69) is 20.3 Å². The number of nitrogens with one attached hydrogen (secondary N) is 3. The molecule has 2 aromatic heterocycles. The lowest BCUT2D eigenvalue weighted by atomic mass is 10.0. The highest BCUT2D eigenvalue weighted by atomic mass is 16.3. The molecule has 1 amide bonds. The average molecular weight is 459 g/mol. The Morgan fingerprint density at radius 2 is 1.91 bits per heavy atom. The van der Waals surface area contributed by atoms with Gasteiger partial charge in [-0.2, -0.15) is 0 Å². The number of aromatic amines is 2. The Balaban J connectivity index is 1.47. The average Bonchev–Trinajstić information content (AvgIpc) is 3.46. The van der Waals surface area contributed by atoms with E-state index in [1.165, 1.54) is 0 Å². The monoisotopic (exact) mass is 458 g/mol. The van der Waals surface area contributed by atoms with E-state index >= 15 is 0 Å². The summed E-state index contributed by atoms with van der Waals surface area (Å²) in [6.07, 6.45) is 7.74. The molecule has 2 heterocycles. The molecule has 0 aliphatic heterocycles. The first-order valence-electron chi connectivity index (χ1n) is 11.7. The molecule has 0 saturated heterocycles. The molecule has 0 saturated carbocycles. The fraction of sp³-hybridized carbons (Fsp3) is 0.296. The quantitative estimate of drug-likeness (QED) is 0.231. The molecule has 0 aliphatic carbocycles. The zero-order chi connectivity index (χ0) is 23.9. The van der Waals surface area contributed by atoms with Crippen LogP contribution in [0.2, 0.25) is 0 Å². The van der Waals surface area contributed by atoms with Crippen LogP contribution in [0.5, 0.6) is 5.75 Å². The summed E-state index contributed by atoms with van der Waals surface area (Å²) < 4.78 is 0. The van der Waals surface area contributed by atoms with Crippen molar-refractivity contribution in [1.82, 2.24) is 20.3 Å². The van der Waals surface area contributed by atoms with Crippen LogP contribution in [-0.4, -0.2) is 31.7 Å². The van der Waals surface area contributed by atoms with Gasteiger partial charge in [-0.15, -0.1) is 0 Å². The van der Waals surface area contributed by atoms with Crippen molar-refractivity contribution in [3.8, 4) is 17.0 Å². The lowest BCUT2D eigenvalue weighted by Crippen LogP contribution is -2.30. The molecule has 0 spiro atoms. The van der Waals surface area contributed by atoms with Gasteiger partial charge in [0, 0.05) is 23.5 Å². The van der Waals surface area contributed by atoms with E-state index < -0.39 is 0 Å². The summed E-state index contributed by atoms with van der Waals surface area (Å²) in [5.41, 5.74) is 3.64. The maximum absolute atomic E-state index is 13.0. The number of Topliss-reactive ketones (excluding diaryl/α,β-unsaturated/α-hetero) is 1. The highest BCUT2D eigenvalue weighted by molar-refractivity contribution is 5.89. The van der Waals surface area contributed by atoms with Crippen LogP contribution in [0, 0.1) is 0 Å². The van der Waals surface area contributed by atoms with E-state index in [9.17, 15) is 14.7 Å². The molecule has 0 aliphatic rings. The summed E-state index contributed by atoms with van der Waals surface area (Å²) in [5.74, 6) is 0.973. The third kappa shape index (κ3) is 5.92. The van der Waals surface area contributed by atoms with Gasteiger partial charge in [0.1, 0.15) is 17.4 Å². The number of carbonyl (C=O) groups excluding carboxylic acids is 2. The normalized spacial score (nSPS) is 12.0. The first-order chi connectivity index (χ1) is 16.5. The molecule has 7 nitrogen and oxygen atoms in total. The van der Waals surface area contributed by atoms with Crippen molar-refractivity contribution < 1.29 is 14.7 Å². The van der Waals surface area contributed by atoms with E-state index in [-0.39, 0.29) is 29.9 Å². The largest absolute Gasteiger partial charge is 0.508 e. The van der Waals surface area contributed by atoms with Crippen LogP contribution in [0.3, 0.4) is 0 Å². The third-order valence-electron chi connectivity index (χ3n) is 5.97. The molecular formula is C27H30N4O3. The first-order valence-corrected chi connectivity index (χ1v) is 11.7. The number of carbonyl (C=O) groups is 2. The number of phenols is 1. The molecular weight excluding hydrogens is 428 g/mol. The molecule has 2 aromatic carbocycles. The molecule has 4 rings (SSSR count). The number of aromatic nitrogens is 3. The number of hydrogen-bond donors (Lipinski definition) is 4. The number of amides is 1. The van der Waals surface area contributed by atoms with Crippen LogP contribution < -0.4 is 5.32 Å². The highest BCUT2D eigenvalue weighted by Gasteiger charge is 2.19. The molecule has 0 radical (unpaired) electrons. The van der Waals surface area contributed by atoms with Gasteiger partial charge in [-0.1, -0.05) is 43.2 Å². The Kier molecular flexibility index (Phi) is 7.42. The van der Waals surface area contributed by atoms with Crippen molar-refractivity contribution in [2.75, 3.05) is 0 Å². The van der Waals surface area contributed by atoms with Crippen LogP contribution >= 0.6 is 0 Å². The number of fused-ring (bicyclic) bond motifs is 1. The fourth-order valence-corrected chi connectivity index (χ4v) is 4.19. The van der Waals surface area contributed by atoms with E-state index in [0.29, 0.717) is 6.42 Å². The standard InChI is InChI=1S/C27H30N4O3/c1-18(32)8-4-2-7-11-24(27-29-17-25(31-27)19-9-5-3-6-10-19)30-26(34)14-20-16-28-23-13-12-21(33)15-22(20)23/h3,5-6,9-10,12-13,15-17,24,28,33H,2,4,7-8,11,14H2,1H3,(H,29,31)(H,30,34)/t24-/m0/s1. The Labute approximate surface area is 198 Å². The van der Waals surface area contributed by atoms with Gasteiger partial charge in [0.25, 0.3) is 0 Å². The third-order valence-corrected chi connectivity index (χ3v) is 5.97. The van der Waals surface area contributed by atoms with Crippen LogP contribution in [-0.2, 0) is 16.0 Å². The predicted octanol–water partition coefficient (Wildman–Crippen LogP) is 5.20. The van der Waals surface area contributed by atoms with Gasteiger partial charge in [0.15, 0.2) is 0 Å². The lowest BCUT2D eigenvalue weighted by molar-refractivity contribution is -0.121. The van der Waals surface area contributed by atoms with Gasteiger partial charge in [0.05, 0.1) is 24.4 Å². The van der Waals surface area contributed by atoms with E-state index in [4.69, 9.17) is 0 Å². The second-order valence-corrected chi connectivity index (χ2v) is 8.69. The minimum Gasteiger partial charge on any atom is -0.508 e. The minimum absolute atomic E-state index is 0.115. The van der Waals surface area contributed by atoms with Crippen molar-refractivity contribution in [3.05, 3.63) is 72.3 Å². The Morgan fingerprint density at radius 1 is 1.09 bits per heavy atom. The summed E-state index contributed by atoms with van der Waals surface area (Å²) in [4.78, 5) is 35.3. The van der Waals surface area contributed by atoms with Gasteiger partial charge in [-0.3, -0.25) is 4.79 Å². The molecule has 0 unspecified atom stereocenters. The van der Waals surface area contributed by atoms with Gasteiger partial charge in [0.2, 0.25) is 5.91 Å². The Bertz CT molecular complexity index is 1260. The smallest absolute Gasteiger partial charge is 0.225 e. The molecule has 1 atom stereocenters. The number of ketones is 1. The maximum Gasteiger partial charge on any atom is 0.225 e. The van der Waals surface area contributed by atoms with Crippen LogP contribution in [0.25, 0.3) is 22.2 Å². The van der Waals surface area contributed by atoms with Gasteiger partial charge >= 0.3 is 0 Å². The molecule has 4 aromatic rings. The van der Waals surface area contributed by atoms with Gasteiger partial charge in [-0.05, 0) is 49.1 Å². The summed E-state index contributed by atoms with van der Waals surface area (Å²) >= 11 is 0. The number of unbranched alkanes of at least 4 members (excludes halogenated alkanes) is 2. The number of H-pyrrole nitrogens is 2. The lowest BCUT2D eigenvalue weighted by Gasteiger charge is -2.17. The van der Waals surface area contributed by atoms with E-state index in [1.807, 2.05) is 30.3 Å². The highest BCUT2D eigenvalue weighted by Crippen LogP contribution is 2.25. The zero-order valence-corrected chi connectivity index (χ0v) is 19.3. The first kappa shape index (κ1) is 23.3. The number of imidazole rings is 1. The number of rotatable bonds is 11. The topological polar surface area (TPSA) is 111 Å². The zero-order valence-electron chi connectivity index (χ0n) is 19.3. The van der Waals surface area contributed by atoms with Crippen LogP contribution in [0.15, 0.2) is 60.9 Å². The van der Waals surface area contributed by atoms with E-state index in [0.717, 1.165) is 59.2 Å². The summed E-state index contributed by atoms with van der Waals surface area (Å²) in [6, 6.07) is 14.8. The Hall–Kier alpha value is -3.87. The number of nitrogens with zero attached hydrogens (tertiary/aromatic N) is 1. The molecule has 176 valence electrons. The number of hydrogen-bond acceptors (Lipinski definition) is 4. The van der Waals surface area contributed by atoms with Gasteiger partial charge in [-0.25, -0.2) is 4.98 Å². The summed E-state index contributed by atoms with van der Waals surface area (Å²) in [6.45, 7) is 1.61. The number of aromatic hydroxyl groups is 1. The molecule has 34 heavy (non-hydrogen) atoms. The van der Waals surface area contributed by atoms with Crippen molar-refractivity contribution >= 4 is 22.6 Å². The second kappa shape index (κ2) is 10.8. The number of benzene rings is 2. The SMILES string of the molecule is CC(=O)CCCCC[C@H](NC(=O)Cc1c[nH]c2ccc(O)cc12)c1ncc(-c2ccccc2)[nH]1. The second-order valence-electron chi connectivity index (χ2n) is 8.69. The van der Waals surface area contributed by atoms with Crippen LogP contribution in [0.4, 0.5) is 0 Å². The summed E-state index contributed by atoms with van der Waals surface area (Å²) in [7, 11) is 0. The number of phenolic OH excluding ortho intramolecular Hbond substituents is 1. The van der Waals surface area contributed by atoms with Crippen molar-refractivity contribution in [3.63, 3.8) is 0 Å². The summed E-state index contributed by atoms with van der Waals surface area (Å²) in [5, 5.41) is 13.8. The van der Waals surface area contributed by atoms with Crippen molar-refractivity contribution in [2.45, 2.75) is 51.5 Å². The molecule has 7 heteroatoms. The predicted molar refractivity (Wildman–Crippen MR) is 132 cm³/mol. The van der Waals surface area contributed by atoms with Crippen molar-refractivity contribution in [2.24, 2.45) is 0 Å². The van der Waals surface area contributed by atoms with Crippen LogP contribution in [0.1, 0.15) is 56.5 Å². The Morgan fingerprint density at radius 3 is 2.71 bits per heavy atom. The molecule has 0 fully saturated rings. The minimum atomic E-state index is -0.263. The van der Waals surface area contributed by atoms with Crippen molar-refractivity contribution in [1.29, 1.82) is 0 Å².